The molecule has 4 aromatic rings. The second-order valence-corrected chi connectivity index (χ2v) is 20.5. The van der Waals surface area contributed by atoms with E-state index >= 15 is 0 Å². The first-order chi connectivity index (χ1) is 38.9. The topological polar surface area (TPSA) is 245 Å². The number of carbonyl (C=O) groups is 5. The van der Waals surface area contributed by atoms with Crippen LogP contribution >= 0.6 is 11.8 Å². The molecule has 2 saturated heterocycles. The lowest BCUT2D eigenvalue weighted by Crippen LogP contribution is -2.31. The van der Waals surface area contributed by atoms with Crippen molar-refractivity contribution in [3.05, 3.63) is 115 Å². The molecule has 0 spiro atoms. The number of unbranched alkanes of at least 4 members (excludes halogenated alkanes) is 1. The number of fused-ring (bicyclic) bond motifs is 1. The maximum absolute atomic E-state index is 14.7. The summed E-state index contributed by atoms with van der Waals surface area (Å²) in [4.78, 5) is 71.0. The summed E-state index contributed by atoms with van der Waals surface area (Å²) in [5, 5.41) is 21.4. The van der Waals surface area contributed by atoms with Gasteiger partial charge < -0.3 is 65.8 Å². The molecule has 3 aromatic carbocycles. The van der Waals surface area contributed by atoms with E-state index in [-0.39, 0.29) is 41.3 Å². The Labute approximate surface area is 472 Å². The normalized spacial score (nSPS) is 15.3. The van der Waals surface area contributed by atoms with E-state index < -0.39 is 5.82 Å². The molecule has 2 fully saturated rings. The van der Waals surface area contributed by atoms with Gasteiger partial charge in [0.1, 0.15) is 11.5 Å². The summed E-state index contributed by atoms with van der Waals surface area (Å²) in [6.07, 6.45) is 9.61. The number of ether oxygens (including phenoxy) is 5. The van der Waals surface area contributed by atoms with Crippen molar-refractivity contribution in [3.8, 4) is 11.5 Å². The van der Waals surface area contributed by atoms with Crippen molar-refractivity contribution in [2.24, 2.45) is 5.92 Å². The molecule has 2 aliphatic rings. The number of hydrogen-bond acceptors (Lipinski definition) is 16. The van der Waals surface area contributed by atoms with Crippen LogP contribution in [0.4, 0.5) is 33.2 Å². The molecule has 22 heteroatoms. The van der Waals surface area contributed by atoms with Crippen LogP contribution in [0.15, 0.2) is 104 Å². The number of amides is 5. The van der Waals surface area contributed by atoms with Crippen LogP contribution in [0.25, 0.3) is 0 Å². The van der Waals surface area contributed by atoms with Gasteiger partial charge in [-0.25, -0.2) is 9.37 Å². The third kappa shape index (κ3) is 22.9. The van der Waals surface area contributed by atoms with Gasteiger partial charge in [0.05, 0.1) is 45.8 Å². The fourth-order valence-electron chi connectivity index (χ4n) is 8.65. The van der Waals surface area contributed by atoms with Crippen molar-refractivity contribution in [3.63, 3.8) is 0 Å². The molecule has 432 valence electrons. The number of nitrogens with one attached hydrogen (secondary N) is 7. The van der Waals surface area contributed by atoms with Gasteiger partial charge in [0.2, 0.25) is 29.6 Å². The van der Waals surface area contributed by atoms with E-state index in [1.165, 1.54) is 0 Å². The van der Waals surface area contributed by atoms with Gasteiger partial charge in [-0.3, -0.25) is 24.0 Å². The highest BCUT2D eigenvalue weighted by atomic mass is 32.2. The molecule has 20 nitrogen and oxygen atoms in total. The van der Waals surface area contributed by atoms with Crippen LogP contribution in [0.1, 0.15) is 74.6 Å². The molecular weight excluding hydrogens is 1050 g/mol. The number of hydrogen-bond donors (Lipinski definition) is 7. The monoisotopic (exact) mass is 1120 g/mol. The molecule has 6 rings (SSSR count). The molecule has 7 N–H and O–H groups in total. The lowest BCUT2D eigenvalue weighted by molar-refractivity contribution is -0.122. The zero-order chi connectivity index (χ0) is 56.7. The number of likely N-dealkylation sites (N-methyl/N-ethyl adjacent to an activating group) is 1. The first kappa shape index (κ1) is 62.1. The molecule has 5 amide bonds. The molecule has 3 heterocycles. The van der Waals surface area contributed by atoms with Gasteiger partial charge in [0, 0.05) is 117 Å². The van der Waals surface area contributed by atoms with Crippen LogP contribution in [-0.2, 0) is 38.1 Å². The summed E-state index contributed by atoms with van der Waals surface area (Å²) in [5.41, 5.74) is 2.93. The maximum Gasteiger partial charge on any atom is 0.253 e. The number of anilines is 5. The maximum atomic E-state index is 14.7. The number of rotatable bonds is 39. The van der Waals surface area contributed by atoms with E-state index in [1.54, 1.807) is 84.7 Å². The molecule has 0 unspecified atom stereocenters. The van der Waals surface area contributed by atoms with Crippen LogP contribution in [0.2, 0.25) is 0 Å². The van der Waals surface area contributed by atoms with Crippen LogP contribution in [0.3, 0.4) is 0 Å². The largest absolute Gasteiger partial charge is 0.457 e. The Balaban J connectivity index is 0.704. The van der Waals surface area contributed by atoms with Crippen molar-refractivity contribution in [2.75, 3.05) is 108 Å². The predicted octanol–water partition coefficient (Wildman–Crippen LogP) is 7.62. The lowest BCUT2D eigenvalue weighted by Gasteiger charge is -2.18. The van der Waals surface area contributed by atoms with Crippen molar-refractivity contribution >= 4 is 70.1 Å². The molecule has 80 heavy (non-hydrogen) atoms. The average molecular weight is 1130 g/mol. The summed E-state index contributed by atoms with van der Waals surface area (Å²) in [5.74, 6) is 1.48. The molecule has 3 atom stereocenters. The highest BCUT2D eigenvalue weighted by molar-refractivity contribution is 8.00. The van der Waals surface area contributed by atoms with Crippen LogP contribution in [0, 0.1) is 11.7 Å². The summed E-state index contributed by atoms with van der Waals surface area (Å²) in [6.45, 7) is 13.2. The number of nitrogens with zero attached hydrogens (tertiary/aromatic N) is 3. The van der Waals surface area contributed by atoms with E-state index in [9.17, 15) is 28.4 Å². The molecular formula is C58H77FN10O10S. The molecule has 0 radical (unpaired) electrons. The van der Waals surface area contributed by atoms with Gasteiger partial charge in [-0.2, -0.15) is 16.7 Å². The summed E-state index contributed by atoms with van der Waals surface area (Å²) < 4.78 is 43.2. The van der Waals surface area contributed by atoms with Gasteiger partial charge >= 0.3 is 0 Å². The Hall–Kier alpha value is -7.11. The van der Waals surface area contributed by atoms with Gasteiger partial charge in [0.25, 0.3) is 5.91 Å². The fourth-order valence-corrected chi connectivity index (χ4v) is 10.3. The molecule has 2 aliphatic heterocycles. The third-order valence-electron chi connectivity index (χ3n) is 12.9. The number of carbonyl (C=O) groups excluding carboxylic acids is 5. The minimum absolute atomic E-state index is 0.0656. The lowest BCUT2D eigenvalue weighted by atomic mass is 9.94. The number of thioether (sulfide) groups is 1. The van der Waals surface area contributed by atoms with Crippen molar-refractivity contribution in [1.82, 2.24) is 36.1 Å². The zero-order valence-electron chi connectivity index (χ0n) is 45.7. The number of aromatic nitrogens is 2. The van der Waals surface area contributed by atoms with Crippen molar-refractivity contribution in [1.29, 1.82) is 0 Å². The van der Waals surface area contributed by atoms with Crippen molar-refractivity contribution in [2.45, 2.75) is 75.5 Å². The average Bonchev–Trinajstić information content (AvgIpc) is 4.04. The van der Waals surface area contributed by atoms with Gasteiger partial charge in [0.15, 0.2) is 11.6 Å². The third-order valence-corrected chi connectivity index (χ3v) is 14.4. The Bertz CT molecular complexity index is 2630. The van der Waals surface area contributed by atoms with Gasteiger partial charge in [-0.05, 0) is 105 Å². The highest BCUT2D eigenvalue weighted by Crippen LogP contribution is 2.40. The van der Waals surface area contributed by atoms with E-state index in [0.717, 1.165) is 62.4 Å². The number of halogens is 1. The second-order valence-electron chi connectivity index (χ2n) is 19.2. The van der Waals surface area contributed by atoms with Gasteiger partial charge in [-0.1, -0.05) is 31.7 Å². The quantitative estimate of drug-likeness (QED) is 0.0168. The zero-order valence-corrected chi connectivity index (χ0v) is 46.5. The molecule has 0 aliphatic carbocycles. The Morgan fingerprint density at radius 1 is 0.750 bits per heavy atom. The number of benzene rings is 3. The fraction of sp³-hybridized carbons (Fsp3) is 0.466. The summed E-state index contributed by atoms with van der Waals surface area (Å²) in [6, 6.07) is 20.9. The second kappa shape index (κ2) is 34.8. The first-order valence-corrected chi connectivity index (χ1v) is 28.4. The summed E-state index contributed by atoms with van der Waals surface area (Å²) in [7, 11) is 1.69. The molecule has 0 bridgehead atoms. The van der Waals surface area contributed by atoms with E-state index in [1.807, 2.05) is 11.8 Å². The Morgan fingerprint density at radius 2 is 1.44 bits per heavy atom. The highest BCUT2D eigenvalue weighted by Gasteiger charge is 2.42. The minimum Gasteiger partial charge on any atom is -0.457 e. The smallest absolute Gasteiger partial charge is 0.253 e. The van der Waals surface area contributed by atoms with E-state index in [2.05, 4.69) is 60.3 Å². The van der Waals surface area contributed by atoms with Crippen molar-refractivity contribution < 1.29 is 52.0 Å². The molecule has 1 aromatic heterocycles. The minimum atomic E-state index is -0.668. The van der Waals surface area contributed by atoms with Gasteiger partial charge in [-0.15, -0.1) is 0 Å². The Morgan fingerprint density at radius 3 is 2.20 bits per heavy atom. The van der Waals surface area contributed by atoms with Crippen LogP contribution < -0.4 is 42.0 Å². The molecule has 0 saturated carbocycles. The van der Waals surface area contributed by atoms with E-state index in [0.29, 0.717) is 156 Å². The standard InChI is InChI=1S/C58H77FN10O10S/c1-4-52(70)64-44-14-9-15-45(37-44)65-56-49(59)39-63-58(68-56)66-43-20-22-46(23-21-43)79-47-16-8-13-42(36-47)57(74)69(3)27-31-77-30-26-62-54(72)19-7-12-41(2)60-24-10-28-75-32-34-78-35-33-76-29-11-25-61-53(71)18-6-5-17-51-48-38-55(73)67-50(48)40-80-51/h4,8-9,13-16,20-23,36-37,39,48,50-51,60H,1-2,5-7,10-12,17-19,24-35,38,40H2,3H3,(H,61,71)(H,62,72)(H,64,70)(H,67,73)(H2,63,65,66,68)/t48-,50-,51-/m0/s1. The number of allylic oxidation sites excluding steroid dienone is 1. The summed E-state index contributed by atoms with van der Waals surface area (Å²) >= 11 is 1.96. The predicted molar refractivity (Wildman–Crippen MR) is 308 cm³/mol. The van der Waals surface area contributed by atoms with E-state index in [4.69, 9.17) is 23.7 Å². The van der Waals surface area contributed by atoms with Crippen LogP contribution in [0.5, 0.6) is 11.5 Å². The SMILES string of the molecule is C=CC(=O)Nc1cccc(Nc2nc(Nc3ccc(Oc4cccc(C(=O)N(C)CCOCCNC(=O)CCCC(=C)NCCCOCCOCCOCCCNC(=O)CCCC[C@@H]5SC[C@@H]6NC(=O)C[C@@H]65)c4)cc3)ncc2F)c1. The van der Waals surface area contributed by atoms with Crippen LogP contribution in [-0.4, -0.2) is 148 Å². The Kier molecular flexibility index (Phi) is 27.0. The first-order valence-electron chi connectivity index (χ1n) is 27.3.